The summed E-state index contributed by atoms with van der Waals surface area (Å²) in [4.78, 5) is 53.7. The first-order chi connectivity index (χ1) is 32.6. The number of hydrogen-bond donors (Lipinski definition) is 13. The molecule has 0 saturated carbocycles. The molecule has 0 aromatic heterocycles. The number of aliphatic hydroxyl groups is 7. The molecule has 3 heterocycles. The molecule has 0 unspecified atom stereocenters. The lowest BCUT2D eigenvalue weighted by atomic mass is 9.74. The van der Waals surface area contributed by atoms with Crippen LogP contribution < -0.4 is 15.4 Å². The number of ketones is 2. The number of hydrogen-bond acceptors (Lipinski definition) is 22. The van der Waals surface area contributed by atoms with Gasteiger partial charge >= 0.3 is 5.97 Å². The molecule has 5 aliphatic rings. The molecule has 24 nitrogen and oxygen atoms in total. The number of carboxylic acids is 1. The number of aliphatic carboxylic acids is 1. The second kappa shape index (κ2) is 19.1. The fourth-order valence-corrected chi connectivity index (χ4v) is 9.48. The number of benzene rings is 3. The Morgan fingerprint density at radius 3 is 1.99 bits per heavy atom. The normalized spacial score (nSPS) is 33.4. The molecule has 13 N–H and O–H groups in total. The third-order valence-electron chi connectivity index (χ3n) is 13.1. The van der Waals surface area contributed by atoms with Crippen LogP contribution in [0.25, 0.3) is 11.1 Å². The van der Waals surface area contributed by atoms with E-state index in [1.165, 1.54) is 40.1 Å². The van der Waals surface area contributed by atoms with Gasteiger partial charge < -0.3 is 100.0 Å². The van der Waals surface area contributed by atoms with Crippen molar-refractivity contribution in [2.24, 2.45) is 0 Å². The highest BCUT2D eigenvalue weighted by molar-refractivity contribution is 6.31. The molecule has 1 amide bonds. The maximum Gasteiger partial charge on any atom is 0.325 e. The highest BCUT2D eigenvalue weighted by Crippen LogP contribution is 2.57. The molecular weight excluding hydrogens is 920 g/mol. The van der Waals surface area contributed by atoms with E-state index in [1.807, 2.05) is 0 Å². The standard InChI is InChI=1S/C45H52N2O22/c1-12-6-19-26(34(56)23(12)41(60)47-13(2)42(61)62)25-17(9-18-27(35(25)57)30(52)16-7-15(63-5)8-20(48)24(16)29(18)51)31(53)38(19)67-44-37(59)39(28(46-4)14(3)66-44)68-45-40(33(55)22(50)11-65-45)69-43-36(58)32(54)21(49)10-64-43/h6-9,13-14,21-22,28,31-33,36-40,43-46,48-50,53-59H,10-11H2,1-5H3,(H,47,60)(H,61,62)/t13-,14-,21-,22-,28+,31+,32+,33+,36-,37-,38+,39+,40-,43+,44+,45+/m1/s1. The second-order valence-corrected chi connectivity index (χ2v) is 17.5. The molecule has 24 heteroatoms. The number of aliphatic hydroxyl groups excluding tert-OH is 7. The van der Waals surface area contributed by atoms with E-state index in [4.69, 9.17) is 33.2 Å². The maximum absolute atomic E-state index is 14.2. The number of likely N-dealkylation sites (N-methyl/N-ethyl adjacent to an activating group) is 1. The summed E-state index contributed by atoms with van der Waals surface area (Å²) < 4.78 is 40.8. The summed E-state index contributed by atoms with van der Waals surface area (Å²) in [5.41, 5.74) is -3.70. The fraction of sp³-hybridized carbons (Fsp3) is 0.511. The first-order valence-electron chi connectivity index (χ1n) is 21.7. The van der Waals surface area contributed by atoms with Crippen molar-refractivity contribution in [3.05, 3.63) is 68.8 Å². The third kappa shape index (κ3) is 8.48. The number of carbonyl (C=O) groups is 4. The summed E-state index contributed by atoms with van der Waals surface area (Å²) in [6.45, 7) is 3.12. The zero-order valence-corrected chi connectivity index (χ0v) is 37.4. The highest BCUT2D eigenvalue weighted by Gasteiger charge is 2.53. The predicted molar refractivity (Wildman–Crippen MR) is 227 cm³/mol. The van der Waals surface area contributed by atoms with Crippen molar-refractivity contribution in [3.8, 4) is 34.1 Å². The van der Waals surface area contributed by atoms with E-state index in [9.17, 15) is 75.3 Å². The number of phenols is 3. The van der Waals surface area contributed by atoms with Crippen LogP contribution in [0.4, 0.5) is 0 Å². The van der Waals surface area contributed by atoms with Gasteiger partial charge in [0.2, 0.25) is 0 Å². The first-order valence-corrected chi connectivity index (χ1v) is 21.7. The van der Waals surface area contributed by atoms with Gasteiger partial charge in [-0.05, 0) is 56.6 Å². The van der Waals surface area contributed by atoms with E-state index < -0.39 is 185 Å². The number of methoxy groups -OCH3 is 1. The van der Waals surface area contributed by atoms with Gasteiger partial charge in [-0.2, -0.15) is 0 Å². The molecule has 3 aromatic carbocycles. The summed E-state index contributed by atoms with van der Waals surface area (Å²) >= 11 is 0. The molecule has 3 aliphatic heterocycles. The van der Waals surface area contributed by atoms with Crippen molar-refractivity contribution in [3.63, 3.8) is 0 Å². The van der Waals surface area contributed by atoms with E-state index in [0.29, 0.717) is 0 Å². The Balaban J connectivity index is 1.20. The quantitative estimate of drug-likeness (QED) is 0.0762. The summed E-state index contributed by atoms with van der Waals surface area (Å²) in [5.74, 6) is -6.85. The Kier molecular flexibility index (Phi) is 13.8. The average molecular weight is 973 g/mol. The lowest BCUT2D eigenvalue weighted by Crippen LogP contribution is -2.66. The first kappa shape index (κ1) is 50.0. The Labute approximate surface area is 391 Å². The second-order valence-electron chi connectivity index (χ2n) is 17.5. The van der Waals surface area contributed by atoms with Gasteiger partial charge in [0.25, 0.3) is 5.91 Å². The van der Waals surface area contributed by atoms with Crippen molar-refractivity contribution >= 4 is 23.4 Å². The molecule has 3 saturated heterocycles. The number of aryl methyl sites for hydroxylation is 1. The minimum Gasteiger partial charge on any atom is -0.507 e. The largest absolute Gasteiger partial charge is 0.507 e. The van der Waals surface area contributed by atoms with Crippen LogP contribution in [0.5, 0.6) is 23.0 Å². The SMILES string of the molecule is CN[C@@H]1[C@H](O[C@@H]2OC[C@@H](O)[C@H](O)[C@H]2O[C@@H]2OC[C@@H](O)[C@H](O)[C@H]2O)[C@@H](O)[C@H](O[C@H]2c3cc(C)c(C(=O)N[C@H](C)C(=O)O)c(O)c3-c3c(cc4c(c3O)C(=O)c3cc(OC)cc(O)c3C4=O)[C@@H]2O)O[C@@H]1C. The summed E-state index contributed by atoms with van der Waals surface area (Å²) in [6.07, 6.45) is -23.0. The molecule has 8 rings (SSSR count). The minimum atomic E-state index is -1.96. The molecule has 16 atom stereocenters. The van der Waals surface area contributed by atoms with Crippen LogP contribution in [0, 0.1) is 6.92 Å². The topological polar surface area (TPSA) is 379 Å². The molecule has 0 spiro atoms. The van der Waals surface area contributed by atoms with Crippen LogP contribution in [-0.2, 0) is 33.2 Å². The van der Waals surface area contributed by atoms with E-state index in [2.05, 4.69) is 10.6 Å². The van der Waals surface area contributed by atoms with Gasteiger partial charge in [0.1, 0.15) is 90.1 Å². The van der Waals surface area contributed by atoms with Crippen molar-refractivity contribution in [2.75, 3.05) is 27.4 Å². The number of carboxylic acid groups (broad SMARTS) is 1. The summed E-state index contributed by atoms with van der Waals surface area (Å²) in [5, 5.41) is 127. The number of nitrogens with one attached hydrogen (secondary N) is 2. The zero-order chi connectivity index (χ0) is 50.2. The van der Waals surface area contributed by atoms with Crippen LogP contribution in [0.15, 0.2) is 24.3 Å². The lowest BCUT2D eigenvalue weighted by molar-refractivity contribution is -0.367. The predicted octanol–water partition coefficient (Wildman–Crippen LogP) is -2.15. The Hall–Kier alpha value is -5.42. The summed E-state index contributed by atoms with van der Waals surface area (Å²) in [7, 11) is 2.76. The Morgan fingerprint density at radius 2 is 1.33 bits per heavy atom. The van der Waals surface area contributed by atoms with Crippen LogP contribution in [-0.4, -0.2) is 193 Å². The van der Waals surface area contributed by atoms with Crippen LogP contribution in [0.3, 0.4) is 0 Å². The Morgan fingerprint density at radius 1 is 0.725 bits per heavy atom. The average Bonchev–Trinajstić information content (AvgIpc) is 3.30. The smallest absolute Gasteiger partial charge is 0.325 e. The van der Waals surface area contributed by atoms with Gasteiger partial charge in [-0.3, -0.25) is 19.2 Å². The van der Waals surface area contributed by atoms with Crippen molar-refractivity contribution < 1.29 is 109 Å². The van der Waals surface area contributed by atoms with Crippen molar-refractivity contribution in [1.82, 2.24) is 10.6 Å². The van der Waals surface area contributed by atoms with Gasteiger partial charge in [-0.15, -0.1) is 0 Å². The highest BCUT2D eigenvalue weighted by atomic mass is 16.8. The number of carbonyl (C=O) groups excluding carboxylic acids is 3. The van der Waals surface area contributed by atoms with E-state index in [-0.39, 0.29) is 28.0 Å². The molecule has 3 fully saturated rings. The van der Waals surface area contributed by atoms with Crippen molar-refractivity contribution in [1.29, 1.82) is 0 Å². The van der Waals surface area contributed by atoms with E-state index in [0.717, 1.165) is 12.1 Å². The van der Waals surface area contributed by atoms with Crippen LogP contribution >= 0.6 is 0 Å². The van der Waals surface area contributed by atoms with Crippen LogP contribution in [0.2, 0.25) is 0 Å². The number of amides is 1. The van der Waals surface area contributed by atoms with Gasteiger partial charge in [0.05, 0.1) is 49.2 Å². The molecular formula is C45H52N2O22. The number of rotatable bonds is 11. The minimum absolute atomic E-state index is 0.00366. The molecule has 3 aromatic rings. The molecule has 2 aliphatic carbocycles. The van der Waals surface area contributed by atoms with Gasteiger partial charge in [-0.1, -0.05) is 6.07 Å². The van der Waals surface area contributed by atoms with Crippen molar-refractivity contribution in [2.45, 2.75) is 119 Å². The molecule has 374 valence electrons. The maximum atomic E-state index is 14.2. The van der Waals surface area contributed by atoms with Gasteiger partial charge in [0.15, 0.2) is 30.4 Å². The van der Waals surface area contributed by atoms with Gasteiger partial charge in [-0.25, -0.2) is 0 Å². The zero-order valence-electron chi connectivity index (χ0n) is 37.4. The number of aromatic hydroxyl groups is 3. The molecule has 69 heavy (non-hydrogen) atoms. The Bertz CT molecular complexity index is 2550. The number of phenolic OH excluding ortho intramolecular Hbond substituents is 3. The van der Waals surface area contributed by atoms with Crippen LogP contribution in [0.1, 0.15) is 84.9 Å². The summed E-state index contributed by atoms with van der Waals surface area (Å²) in [6, 6.07) is 2.22. The lowest BCUT2D eigenvalue weighted by Gasteiger charge is -2.48. The molecule has 0 bridgehead atoms. The monoisotopic (exact) mass is 972 g/mol. The van der Waals surface area contributed by atoms with E-state index in [1.54, 1.807) is 6.92 Å². The number of fused-ring (bicyclic) bond motifs is 5. The van der Waals surface area contributed by atoms with Gasteiger partial charge in [0, 0.05) is 28.3 Å². The fourth-order valence-electron chi connectivity index (χ4n) is 9.48. The van der Waals surface area contributed by atoms with E-state index >= 15 is 0 Å². The third-order valence-corrected chi connectivity index (χ3v) is 13.1. The molecule has 0 radical (unpaired) electrons. The number of ether oxygens (including phenoxy) is 7.